The van der Waals surface area contributed by atoms with E-state index >= 15 is 0 Å². The molecule has 0 radical (unpaired) electrons. The number of carbonyl (C=O) groups is 3. The van der Waals surface area contributed by atoms with Crippen LogP contribution in [0.4, 0.5) is 10.5 Å². The molecule has 0 saturated carbocycles. The van der Waals surface area contributed by atoms with Crippen molar-refractivity contribution < 1.29 is 19.1 Å². The first-order valence-electron chi connectivity index (χ1n) is 8.77. The van der Waals surface area contributed by atoms with Crippen molar-refractivity contribution in [3.8, 4) is 5.75 Å². The quantitative estimate of drug-likeness (QED) is 0.728. The second kappa shape index (κ2) is 7.90. The SMILES string of the molecule is CCOc1ccccc1NC(=O)CN1C(=O)NC(C)(c2ccccc2Cl)C1=O. The number of para-hydroxylation sites is 2. The van der Waals surface area contributed by atoms with Gasteiger partial charge in [0.15, 0.2) is 0 Å². The van der Waals surface area contributed by atoms with Gasteiger partial charge in [-0.25, -0.2) is 4.79 Å². The third kappa shape index (κ3) is 3.66. The monoisotopic (exact) mass is 401 g/mol. The first kappa shape index (κ1) is 19.7. The van der Waals surface area contributed by atoms with Gasteiger partial charge in [0.25, 0.3) is 5.91 Å². The van der Waals surface area contributed by atoms with Crippen molar-refractivity contribution in [2.75, 3.05) is 18.5 Å². The molecule has 3 rings (SSSR count). The minimum absolute atomic E-state index is 0.357. The Labute approximate surface area is 167 Å². The van der Waals surface area contributed by atoms with Crippen molar-refractivity contribution in [1.29, 1.82) is 0 Å². The summed E-state index contributed by atoms with van der Waals surface area (Å²) in [6.45, 7) is 3.42. The van der Waals surface area contributed by atoms with Gasteiger partial charge < -0.3 is 15.4 Å². The Bertz CT molecular complexity index is 933. The molecule has 8 heteroatoms. The van der Waals surface area contributed by atoms with Crippen LogP contribution in [0.1, 0.15) is 19.4 Å². The van der Waals surface area contributed by atoms with E-state index in [-0.39, 0.29) is 0 Å². The van der Waals surface area contributed by atoms with Crippen LogP contribution in [-0.4, -0.2) is 35.9 Å². The summed E-state index contributed by atoms with van der Waals surface area (Å²) in [5.41, 5.74) is -0.395. The zero-order chi connectivity index (χ0) is 20.3. The van der Waals surface area contributed by atoms with Crippen LogP contribution in [0.15, 0.2) is 48.5 Å². The number of urea groups is 1. The predicted molar refractivity (Wildman–Crippen MR) is 105 cm³/mol. The summed E-state index contributed by atoms with van der Waals surface area (Å²) in [6.07, 6.45) is 0. The van der Waals surface area contributed by atoms with E-state index in [4.69, 9.17) is 16.3 Å². The highest BCUT2D eigenvalue weighted by Crippen LogP contribution is 2.33. The summed E-state index contributed by atoms with van der Waals surface area (Å²) < 4.78 is 5.46. The number of hydrogen-bond acceptors (Lipinski definition) is 4. The average molecular weight is 402 g/mol. The Balaban J connectivity index is 1.76. The molecule has 2 N–H and O–H groups in total. The van der Waals surface area contributed by atoms with Gasteiger partial charge in [0.2, 0.25) is 5.91 Å². The number of imide groups is 1. The number of nitrogens with zero attached hydrogens (tertiary/aromatic N) is 1. The summed E-state index contributed by atoms with van der Waals surface area (Å²) in [6, 6.07) is 13.1. The van der Waals surface area contributed by atoms with Gasteiger partial charge in [-0.1, -0.05) is 41.9 Å². The van der Waals surface area contributed by atoms with Gasteiger partial charge in [-0.2, -0.15) is 0 Å². The number of carbonyl (C=O) groups excluding carboxylic acids is 3. The summed E-state index contributed by atoms with van der Waals surface area (Å²) in [4.78, 5) is 38.7. The molecule has 0 bridgehead atoms. The molecular weight excluding hydrogens is 382 g/mol. The third-order valence-electron chi connectivity index (χ3n) is 4.45. The van der Waals surface area contributed by atoms with Gasteiger partial charge >= 0.3 is 6.03 Å². The molecule has 1 fully saturated rings. The molecule has 146 valence electrons. The summed E-state index contributed by atoms with van der Waals surface area (Å²) in [5, 5.41) is 5.67. The van der Waals surface area contributed by atoms with E-state index in [0.29, 0.717) is 28.6 Å². The van der Waals surface area contributed by atoms with E-state index in [0.717, 1.165) is 4.90 Å². The third-order valence-corrected chi connectivity index (χ3v) is 4.78. The summed E-state index contributed by atoms with van der Waals surface area (Å²) in [7, 11) is 0. The maximum Gasteiger partial charge on any atom is 0.325 e. The van der Waals surface area contributed by atoms with Crippen molar-refractivity contribution in [3.63, 3.8) is 0 Å². The molecule has 1 atom stereocenters. The molecule has 2 aromatic rings. The number of anilines is 1. The van der Waals surface area contributed by atoms with E-state index in [1.165, 1.54) is 0 Å². The Hall–Kier alpha value is -3.06. The zero-order valence-corrected chi connectivity index (χ0v) is 16.2. The molecular formula is C20H20ClN3O4. The van der Waals surface area contributed by atoms with Crippen LogP contribution >= 0.6 is 11.6 Å². The Morgan fingerprint density at radius 2 is 1.86 bits per heavy atom. The first-order valence-corrected chi connectivity index (χ1v) is 9.15. The maximum atomic E-state index is 12.9. The number of rotatable bonds is 6. The van der Waals surface area contributed by atoms with Gasteiger partial charge in [-0.3, -0.25) is 14.5 Å². The van der Waals surface area contributed by atoms with Crippen LogP contribution in [0.25, 0.3) is 0 Å². The highest BCUT2D eigenvalue weighted by atomic mass is 35.5. The van der Waals surface area contributed by atoms with E-state index < -0.39 is 29.9 Å². The molecule has 28 heavy (non-hydrogen) atoms. The second-order valence-corrected chi connectivity index (χ2v) is 6.81. The largest absolute Gasteiger partial charge is 0.492 e. The fraction of sp³-hybridized carbons (Fsp3) is 0.250. The molecule has 1 heterocycles. The van der Waals surface area contributed by atoms with Crippen LogP contribution in [0.3, 0.4) is 0 Å². The number of amides is 4. The number of ether oxygens (including phenoxy) is 1. The van der Waals surface area contributed by atoms with Crippen LogP contribution in [-0.2, 0) is 15.1 Å². The van der Waals surface area contributed by atoms with Crippen molar-refractivity contribution in [3.05, 3.63) is 59.1 Å². The summed E-state index contributed by atoms with van der Waals surface area (Å²) >= 11 is 6.20. The minimum atomic E-state index is -1.33. The number of nitrogens with one attached hydrogen (secondary N) is 2. The molecule has 2 aromatic carbocycles. The molecule has 1 unspecified atom stereocenters. The lowest BCUT2D eigenvalue weighted by Crippen LogP contribution is -2.42. The van der Waals surface area contributed by atoms with E-state index in [2.05, 4.69) is 10.6 Å². The van der Waals surface area contributed by atoms with Gasteiger partial charge in [0.1, 0.15) is 17.8 Å². The molecule has 0 spiro atoms. The lowest BCUT2D eigenvalue weighted by molar-refractivity contribution is -0.133. The topological polar surface area (TPSA) is 87.7 Å². The summed E-state index contributed by atoms with van der Waals surface area (Å²) in [5.74, 6) is -0.547. The molecule has 4 amide bonds. The first-order chi connectivity index (χ1) is 13.4. The maximum absolute atomic E-state index is 12.9. The number of hydrogen-bond donors (Lipinski definition) is 2. The fourth-order valence-corrected chi connectivity index (χ4v) is 3.40. The van der Waals surface area contributed by atoms with Crippen molar-refractivity contribution in [2.45, 2.75) is 19.4 Å². The lowest BCUT2D eigenvalue weighted by Gasteiger charge is -2.23. The van der Waals surface area contributed by atoms with Gasteiger partial charge in [0, 0.05) is 10.6 Å². The van der Waals surface area contributed by atoms with Crippen LogP contribution in [0, 0.1) is 0 Å². The van der Waals surface area contributed by atoms with Crippen molar-refractivity contribution >= 4 is 35.1 Å². The van der Waals surface area contributed by atoms with Crippen LogP contribution < -0.4 is 15.4 Å². The molecule has 0 aromatic heterocycles. The zero-order valence-electron chi connectivity index (χ0n) is 15.5. The lowest BCUT2D eigenvalue weighted by atomic mass is 9.92. The highest BCUT2D eigenvalue weighted by Gasteiger charge is 2.50. The molecule has 1 aliphatic rings. The Kier molecular flexibility index (Phi) is 5.56. The number of halogens is 1. The normalized spacial score (nSPS) is 18.8. The predicted octanol–water partition coefficient (Wildman–Crippen LogP) is 3.14. The Morgan fingerprint density at radius 1 is 1.18 bits per heavy atom. The standard InChI is InChI=1S/C20H20ClN3O4/c1-3-28-16-11-7-6-10-15(16)22-17(25)12-24-18(26)20(2,23-19(24)27)13-8-4-5-9-14(13)21/h4-11H,3,12H2,1-2H3,(H,22,25)(H,23,27). The van der Waals surface area contributed by atoms with E-state index in [9.17, 15) is 14.4 Å². The van der Waals surface area contributed by atoms with Crippen LogP contribution in [0.5, 0.6) is 5.75 Å². The smallest absolute Gasteiger partial charge is 0.325 e. The second-order valence-electron chi connectivity index (χ2n) is 6.40. The van der Waals surface area contributed by atoms with E-state index in [1.54, 1.807) is 55.5 Å². The van der Waals surface area contributed by atoms with Crippen molar-refractivity contribution in [2.24, 2.45) is 0 Å². The highest BCUT2D eigenvalue weighted by molar-refractivity contribution is 6.32. The van der Waals surface area contributed by atoms with Gasteiger partial charge in [-0.05, 0) is 32.0 Å². The van der Waals surface area contributed by atoms with Crippen molar-refractivity contribution in [1.82, 2.24) is 10.2 Å². The number of benzene rings is 2. The minimum Gasteiger partial charge on any atom is -0.492 e. The van der Waals surface area contributed by atoms with Crippen LogP contribution in [0.2, 0.25) is 5.02 Å². The van der Waals surface area contributed by atoms with Gasteiger partial charge in [-0.15, -0.1) is 0 Å². The fourth-order valence-electron chi connectivity index (χ4n) is 3.07. The Morgan fingerprint density at radius 3 is 2.57 bits per heavy atom. The van der Waals surface area contributed by atoms with Gasteiger partial charge in [0.05, 0.1) is 12.3 Å². The molecule has 7 nitrogen and oxygen atoms in total. The molecule has 1 aliphatic heterocycles. The average Bonchev–Trinajstić information content (AvgIpc) is 2.88. The van der Waals surface area contributed by atoms with E-state index in [1.807, 2.05) is 6.92 Å². The molecule has 0 aliphatic carbocycles. The molecule has 1 saturated heterocycles.